The maximum Gasteiger partial charge on any atom is 0.139 e. The van der Waals surface area contributed by atoms with Gasteiger partial charge in [-0.05, 0) is 34.3 Å². The van der Waals surface area contributed by atoms with Gasteiger partial charge in [0.2, 0.25) is 0 Å². The number of hydrogen-bond donors (Lipinski definition) is 2. The van der Waals surface area contributed by atoms with Crippen molar-refractivity contribution in [2.75, 3.05) is 17.6 Å². The molecule has 108 valence electrons. The quantitative estimate of drug-likeness (QED) is 0.508. The van der Waals surface area contributed by atoms with Crippen molar-refractivity contribution < 1.29 is 4.39 Å². The van der Waals surface area contributed by atoms with Gasteiger partial charge in [-0.3, -0.25) is 0 Å². The summed E-state index contributed by atoms with van der Waals surface area (Å²) in [6, 6.07) is 3.04. The molecule has 4 heteroatoms. The fourth-order valence-electron chi connectivity index (χ4n) is 1.97. The Balaban J connectivity index is 2.21. The molecule has 2 nitrogen and oxygen atoms in total. The van der Waals surface area contributed by atoms with Crippen LogP contribution in [-0.4, -0.2) is 6.54 Å². The van der Waals surface area contributed by atoms with E-state index in [4.69, 9.17) is 5.73 Å². The first-order valence-electron chi connectivity index (χ1n) is 6.99. The van der Waals surface area contributed by atoms with E-state index in [1.54, 1.807) is 6.07 Å². The smallest absolute Gasteiger partial charge is 0.139 e. The number of unbranched alkanes of at least 4 members (excludes halogenated alkanes) is 3. The number of nitrogens with two attached hydrogens (primary N) is 1. The Bertz CT molecular complexity index is 394. The van der Waals surface area contributed by atoms with Gasteiger partial charge in [-0.2, -0.15) is 0 Å². The number of rotatable bonds is 8. The molecule has 0 spiro atoms. The van der Waals surface area contributed by atoms with Crippen molar-refractivity contribution in [3.63, 3.8) is 0 Å². The van der Waals surface area contributed by atoms with Crippen LogP contribution in [0.3, 0.4) is 0 Å². The summed E-state index contributed by atoms with van der Waals surface area (Å²) in [4.78, 5) is 0. The molecule has 0 bridgehead atoms. The van der Waals surface area contributed by atoms with Gasteiger partial charge in [0, 0.05) is 12.6 Å². The maximum absolute atomic E-state index is 13.2. The first-order chi connectivity index (χ1) is 9.00. The predicted molar refractivity (Wildman–Crippen MR) is 84.9 cm³/mol. The fourth-order valence-corrected chi connectivity index (χ4v) is 2.31. The molecule has 1 rings (SSSR count). The lowest BCUT2D eigenvalue weighted by atomic mass is 10.0. The topological polar surface area (TPSA) is 38.0 Å². The molecule has 0 atom stereocenters. The van der Waals surface area contributed by atoms with E-state index in [1.807, 2.05) is 0 Å². The minimum atomic E-state index is -0.322. The summed E-state index contributed by atoms with van der Waals surface area (Å²) in [5, 5.41) is 3.26. The molecule has 0 fully saturated rings. The number of anilines is 2. The van der Waals surface area contributed by atoms with Crippen LogP contribution in [0.4, 0.5) is 15.8 Å². The van der Waals surface area contributed by atoms with E-state index in [-0.39, 0.29) is 5.82 Å². The van der Waals surface area contributed by atoms with E-state index in [9.17, 15) is 4.39 Å². The Labute approximate surface area is 124 Å². The van der Waals surface area contributed by atoms with Crippen molar-refractivity contribution in [3.8, 4) is 0 Å². The Morgan fingerprint density at radius 2 is 1.89 bits per heavy atom. The van der Waals surface area contributed by atoms with Gasteiger partial charge >= 0.3 is 0 Å². The zero-order valence-electron chi connectivity index (χ0n) is 11.8. The molecule has 1 aromatic carbocycles. The standard InChI is InChI=1S/C15H24BrFN2/c1-11(2)7-5-3-4-6-8-19-15-9-12(16)13(17)10-14(15)18/h9-11,19H,3-8,18H2,1-2H3. The van der Waals surface area contributed by atoms with E-state index >= 15 is 0 Å². The molecule has 0 radical (unpaired) electrons. The van der Waals surface area contributed by atoms with E-state index in [0.717, 1.165) is 24.6 Å². The Kier molecular flexibility index (Phi) is 7.21. The molecule has 3 N–H and O–H groups in total. The van der Waals surface area contributed by atoms with E-state index in [1.165, 1.54) is 31.7 Å². The van der Waals surface area contributed by atoms with Crippen LogP contribution in [0.1, 0.15) is 46.0 Å². The first-order valence-corrected chi connectivity index (χ1v) is 7.78. The average Bonchev–Trinajstić information content (AvgIpc) is 2.33. The third-order valence-electron chi connectivity index (χ3n) is 3.12. The van der Waals surface area contributed by atoms with Gasteiger partial charge in [0.1, 0.15) is 5.82 Å². The molecule has 0 heterocycles. The number of hydrogen-bond acceptors (Lipinski definition) is 2. The number of nitrogens with one attached hydrogen (secondary N) is 1. The van der Waals surface area contributed by atoms with Gasteiger partial charge in [0.25, 0.3) is 0 Å². The lowest BCUT2D eigenvalue weighted by Gasteiger charge is -2.10. The Morgan fingerprint density at radius 3 is 2.58 bits per heavy atom. The van der Waals surface area contributed by atoms with Gasteiger partial charge in [-0.15, -0.1) is 0 Å². The largest absolute Gasteiger partial charge is 0.397 e. The summed E-state index contributed by atoms with van der Waals surface area (Å²) in [7, 11) is 0. The van der Waals surface area contributed by atoms with E-state index < -0.39 is 0 Å². The first kappa shape index (κ1) is 16.3. The second-order valence-corrected chi connectivity index (χ2v) is 6.23. The summed E-state index contributed by atoms with van der Waals surface area (Å²) in [6.07, 6.45) is 6.24. The van der Waals surface area contributed by atoms with Crippen molar-refractivity contribution in [1.82, 2.24) is 0 Å². The molecule has 0 aliphatic rings. The molecule has 0 aliphatic heterocycles. The molecule has 1 aromatic rings. The lowest BCUT2D eigenvalue weighted by Crippen LogP contribution is -2.05. The van der Waals surface area contributed by atoms with Gasteiger partial charge in [0.15, 0.2) is 0 Å². The summed E-state index contributed by atoms with van der Waals surface area (Å²) >= 11 is 3.17. The molecule has 19 heavy (non-hydrogen) atoms. The zero-order chi connectivity index (χ0) is 14.3. The second-order valence-electron chi connectivity index (χ2n) is 5.38. The van der Waals surface area contributed by atoms with Crippen molar-refractivity contribution in [2.45, 2.75) is 46.0 Å². The highest BCUT2D eigenvalue weighted by molar-refractivity contribution is 9.10. The highest BCUT2D eigenvalue weighted by atomic mass is 79.9. The van der Waals surface area contributed by atoms with Gasteiger partial charge < -0.3 is 11.1 Å². The van der Waals surface area contributed by atoms with Gasteiger partial charge in [0.05, 0.1) is 15.8 Å². The van der Waals surface area contributed by atoms with Gasteiger partial charge in [-0.1, -0.05) is 39.5 Å². The summed E-state index contributed by atoms with van der Waals surface area (Å²) in [5.41, 5.74) is 7.02. The third-order valence-corrected chi connectivity index (χ3v) is 3.72. The Hall–Kier alpha value is -0.770. The van der Waals surface area contributed by atoms with Crippen molar-refractivity contribution in [2.24, 2.45) is 5.92 Å². The van der Waals surface area contributed by atoms with Crippen LogP contribution < -0.4 is 11.1 Å². The summed E-state index contributed by atoms with van der Waals surface area (Å²) in [5.74, 6) is 0.478. The van der Waals surface area contributed by atoms with Crippen LogP contribution in [-0.2, 0) is 0 Å². The molecule has 0 unspecified atom stereocenters. The normalized spacial score (nSPS) is 11.0. The molecular formula is C15H24BrFN2. The molecule has 0 aliphatic carbocycles. The summed E-state index contributed by atoms with van der Waals surface area (Å²) in [6.45, 7) is 5.40. The average molecular weight is 331 g/mol. The van der Waals surface area contributed by atoms with Crippen molar-refractivity contribution in [1.29, 1.82) is 0 Å². The van der Waals surface area contributed by atoms with Crippen LogP contribution in [0.25, 0.3) is 0 Å². The third kappa shape index (κ3) is 6.28. The minimum Gasteiger partial charge on any atom is -0.397 e. The van der Waals surface area contributed by atoms with Crippen molar-refractivity contribution >= 4 is 27.3 Å². The van der Waals surface area contributed by atoms with Crippen LogP contribution in [0.5, 0.6) is 0 Å². The maximum atomic E-state index is 13.2. The lowest BCUT2D eigenvalue weighted by molar-refractivity contribution is 0.523. The SMILES string of the molecule is CC(C)CCCCCCNc1cc(Br)c(F)cc1N. The number of halogens is 2. The monoisotopic (exact) mass is 330 g/mol. The fraction of sp³-hybridized carbons (Fsp3) is 0.600. The second kappa shape index (κ2) is 8.41. The highest BCUT2D eigenvalue weighted by Gasteiger charge is 2.05. The Morgan fingerprint density at radius 1 is 1.21 bits per heavy atom. The van der Waals surface area contributed by atoms with Crippen LogP contribution in [0.2, 0.25) is 0 Å². The molecule has 0 amide bonds. The van der Waals surface area contributed by atoms with E-state index in [0.29, 0.717) is 10.2 Å². The number of nitrogen functional groups attached to an aromatic ring is 1. The van der Waals surface area contributed by atoms with Crippen LogP contribution in [0, 0.1) is 11.7 Å². The predicted octanol–water partition coefficient (Wildman–Crippen LogP) is 5.19. The summed E-state index contributed by atoms with van der Waals surface area (Å²) < 4.78 is 13.6. The highest BCUT2D eigenvalue weighted by Crippen LogP contribution is 2.26. The molecular weight excluding hydrogens is 307 g/mol. The number of benzene rings is 1. The van der Waals surface area contributed by atoms with E-state index in [2.05, 4.69) is 35.1 Å². The van der Waals surface area contributed by atoms with Crippen LogP contribution >= 0.6 is 15.9 Å². The minimum absolute atomic E-state index is 0.322. The van der Waals surface area contributed by atoms with Crippen molar-refractivity contribution in [3.05, 3.63) is 22.4 Å². The van der Waals surface area contributed by atoms with Crippen LogP contribution in [0.15, 0.2) is 16.6 Å². The molecule has 0 aromatic heterocycles. The molecule has 0 saturated carbocycles. The zero-order valence-corrected chi connectivity index (χ0v) is 13.4. The molecule has 0 saturated heterocycles. The van der Waals surface area contributed by atoms with Gasteiger partial charge in [-0.25, -0.2) is 4.39 Å².